The number of carbonyl (C=O) groups is 1. The Bertz CT molecular complexity index is 731. The van der Waals surface area contributed by atoms with Crippen molar-refractivity contribution in [2.45, 2.75) is 20.4 Å². The van der Waals surface area contributed by atoms with Crippen LogP contribution in [0.3, 0.4) is 0 Å². The fraction of sp³-hybridized carbons (Fsp3) is 0.381. The summed E-state index contributed by atoms with van der Waals surface area (Å²) in [6.45, 7) is 8.69. The number of amides is 1. The number of nitrogens with zero attached hydrogens (tertiary/aromatic N) is 2. The minimum absolute atomic E-state index is 0.133. The number of hydrogen-bond donors (Lipinski definition) is 1. The van der Waals surface area contributed by atoms with Gasteiger partial charge in [0.05, 0.1) is 0 Å². The van der Waals surface area contributed by atoms with Gasteiger partial charge >= 0.3 is 0 Å². The number of hydrogen-bond acceptors (Lipinski definition) is 3. The number of carbonyl (C=O) groups excluding carboxylic acids is 1. The van der Waals surface area contributed by atoms with Crippen LogP contribution in [-0.2, 0) is 6.54 Å². The topological polar surface area (TPSA) is 35.6 Å². The fourth-order valence-corrected chi connectivity index (χ4v) is 3.23. The van der Waals surface area contributed by atoms with Crippen LogP contribution < -0.4 is 5.32 Å². The molecule has 1 aliphatic rings. The van der Waals surface area contributed by atoms with Gasteiger partial charge in [-0.25, -0.2) is 0 Å². The van der Waals surface area contributed by atoms with Crippen LogP contribution in [0.4, 0.5) is 5.69 Å². The second-order valence-electron chi connectivity index (χ2n) is 6.81. The zero-order chi connectivity index (χ0) is 17.8. The van der Waals surface area contributed by atoms with E-state index in [1.54, 1.807) is 0 Å². The van der Waals surface area contributed by atoms with Gasteiger partial charge in [-0.3, -0.25) is 9.69 Å². The maximum Gasteiger partial charge on any atom is 0.253 e. The molecule has 0 radical (unpaired) electrons. The van der Waals surface area contributed by atoms with Gasteiger partial charge < -0.3 is 10.2 Å². The minimum Gasteiger partial charge on any atom is -0.388 e. The molecule has 132 valence electrons. The van der Waals surface area contributed by atoms with Crippen LogP contribution in [0.5, 0.6) is 0 Å². The third-order valence-electron chi connectivity index (χ3n) is 5.06. The highest BCUT2D eigenvalue weighted by Crippen LogP contribution is 2.15. The first kappa shape index (κ1) is 17.5. The second-order valence-corrected chi connectivity index (χ2v) is 6.81. The summed E-state index contributed by atoms with van der Waals surface area (Å²) in [5, 5.41) is 3.08. The van der Waals surface area contributed by atoms with Gasteiger partial charge in [0.2, 0.25) is 0 Å². The predicted molar refractivity (Wildman–Crippen MR) is 103 cm³/mol. The Hall–Kier alpha value is -2.33. The average molecular weight is 337 g/mol. The third kappa shape index (κ3) is 4.20. The molecule has 1 saturated heterocycles. The molecule has 4 heteroatoms. The zero-order valence-corrected chi connectivity index (χ0v) is 15.4. The van der Waals surface area contributed by atoms with Crippen molar-refractivity contribution in [2.24, 2.45) is 0 Å². The number of anilines is 1. The van der Waals surface area contributed by atoms with Crippen molar-refractivity contribution in [3.05, 3.63) is 64.7 Å². The number of aryl methyl sites for hydroxylation is 2. The Balaban J connectivity index is 1.55. The van der Waals surface area contributed by atoms with Crippen LogP contribution in [0.1, 0.15) is 27.0 Å². The normalized spacial score (nSPS) is 15.2. The first-order chi connectivity index (χ1) is 12.1. The van der Waals surface area contributed by atoms with E-state index in [2.05, 4.69) is 42.3 Å². The molecule has 3 rings (SSSR count). The maximum atomic E-state index is 12.6. The van der Waals surface area contributed by atoms with Gasteiger partial charge in [0, 0.05) is 51.0 Å². The summed E-state index contributed by atoms with van der Waals surface area (Å²) in [6, 6.07) is 14.4. The zero-order valence-electron chi connectivity index (χ0n) is 15.4. The molecule has 1 heterocycles. The summed E-state index contributed by atoms with van der Waals surface area (Å²) in [5.41, 5.74) is 5.82. The molecule has 1 N–H and O–H groups in total. The van der Waals surface area contributed by atoms with E-state index in [0.29, 0.717) is 0 Å². The number of piperazine rings is 1. The van der Waals surface area contributed by atoms with Gasteiger partial charge in [0.1, 0.15) is 0 Å². The van der Waals surface area contributed by atoms with E-state index in [1.165, 1.54) is 16.7 Å². The monoisotopic (exact) mass is 337 g/mol. The summed E-state index contributed by atoms with van der Waals surface area (Å²) in [4.78, 5) is 17.0. The molecular formula is C21H27N3O. The molecule has 0 atom stereocenters. The van der Waals surface area contributed by atoms with Crippen LogP contribution in [0, 0.1) is 13.8 Å². The molecule has 2 aromatic rings. The van der Waals surface area contributed by atoms with E-state index in [4.69, 9.17) is 0 Å². The molecule has 2 aromatic carbocycles. The van der Waals surface area contributed by atoms with Crippen LogP contribution >= 0.6 is 0 Å². The van der Waals surface area contributed by atoms with Gasteiger partial charge in [0.15, 0.2) is 0 Å². The molecule has 1 amide bonds. The predicted octanol–water partition coefficient (Wildman–Crippen LogP) is 3.30. The van der Waals surface area contributed by atoms with E-state index in [-0.39, 0.29) is 5.91 Å². The highest BCUT2D eigenvalue weighted by atomic mass is 16.2. The van der Waals surface area contributed by atoms with Crippen LogP contribution in [0.15, 0.2) is 42.5 Å². The van der Waals surface area contributed by atoms with E-state index in [0.717, 1.165) is 44.0 Å². The van der Waals surface area contributed by atoms with Crippen molar-refractivity contribution in [3.63, 3.8) is 0 Å². The number of nitrogens with one attached hydrogen (secondary N) is 1. The molecule has 4 nitrogen and oxygen atoms in total. The molecule has 0 bridgehead atoms. The number of rotatable bonds is 4. The Morgan fingerprint density at radius 1 is 0.960 bits per heavy atom. The third-order valence-corrected chi connectivity index (χ3v) is 5.06. The minimum atomic E-state index is 0.133. The second kappa shape index (κ2) is 7.70. The average Bonchev–Trinajstić information content (AvgIpc) is 2.65. The lowest BCUT2D eigenvalue weighted by atomic mass is 10.1. The lowest BCUT2D eigenvalue weighted by Gasteiger charge is -2.35. The van der Waals surface area contributed by atoms with Crippen molar-refractivity contribution in [3.8, 4) is 0 Å². The van der Waals surface area contributed by atoms with Crippen LogP contribution in [-0.4, -0.2) is 48.9 Å². The van der Waals surface area contributed by atoms with Gasteiger partial charge in [-0.1, -0.05) is 18.2 Å². The van der Waals surface area contributed by atoms with E-state index >= 15 is 0 Å². The van der Waals surface area contributed by atoms with Crippen molar-refractivity contribution >= 4 is 11.6 Å². The highest BCUT2D eigenvalue weighted by molar-refractivity contribution is 5.94. The van der Waals surface area contributed by atoms with Crippen molar-refractivity contribution < 1.29 is 4.79 Å². The largest absolute Gasteiger partial charge is 0.388 e. The van der Waals surface area contributed by atoms with Crippen LogP contribution in [0.2, 0.25) is 0 Å². The van der Waals surface area contributed by atoms with E-state index in [1.807, 2.05) is 36.2 Å². The number of benzene rings is 2. The van der Waals surface area contributed by atoms with Crippen molar-refractivity contribution in [1.82, 2.24) is 9.80 Å². The summed E-state index contributed by atoms with van der Waals surface area (Å²) in [7, 11) is 1.88. The summed E-state index contributed by atoms with van der Waals surface area (Å²) in [5.74, 6) is 0.133. The van der Waals surface area contributed by atoms with Gasteiger partial charge in [-0.2, -0.15) is 0 Å². The Kier molecular flexibility index (Phi) is 5.39. The molecule has 25 heavy (non-hydrogen) atoms. The Morgan fingerprint density at radius 2 is 1.64 bits per heavy atom. The van der Waals surface area contributed by atoms with Gasteiger partial charge in [-0.15, -0.1) is 0 Å². The molecule has 1 fully saturated rings. The van der Waals surface area contributed by atoms with Crippen LogP contribution in [0.25, 0.3) is 0 Å². The van der Waals surface area contributed by atoms with E-state index < -0.39 is 0 Å². The molecular weight excluding hydrogens is 310 g/mol. The smallest absolute Gasteiger partial charge is 0.253 e. The Labute approximate surface area is 150 Å². The Morgan fingerprint density at radius 3 is 2.24 bits per heavy atom. The standard InChI is InChI=1S/C21H27N3O/c1-16-4-5-18(14-17(16)2)15-23-10-12-24(13-11-23)21(25)19-6-8-20(22-3)9-7-19/h4-9,14,22H,10-13,15H2,1-3H3. The first-order valence-electron chi connectivity index (χ1n) is 8.92. The summed E-state index contributed by atoms with van der Waals surface area (Å²) >= 11 is 0. The molecule has 0 unspecified atom stereocenters. The lowest BCUT2D eigenvalue weighted by Crippen LogP contribution is -2.48. The summed E-state index contributed by atoms with van der Waals surface area (Å²) in [6.07, 6.45) is 0. The maximum absolute atomic E-state index is 12.6. The molecule has 0 spiro atoms. The first-order valence-corrected chi connectivity index (χ1v) is 8.92. The molecule has 0 saturated carbocycles. The molecule has 0 aliphatic carbocycles. The summed E-state index contributed by atoms with van der Waals surface area (Å²) < 4.78 is 0. The highest BCUT2D eigenvalue weighted by Gasteiger charge is 2.22. The van der Waals surface area contributed by atoms with Crippen molar-refractivity contribution in [2.75, 3.05) is 38.5 Å². The van der Waals surface area contributed by atoms with Gasteiger partial charge in [0.25, 0.3) is 5.91 Å². The van der Waals surface area contributed by atoms with E-state index in [9.17, 15) is 4.79 Å². The SMILES string of the molecule is CNc1ccc(C(=O)N2CCN(Cc3ccc(C)c(C)c3)CC2)cc1. The van der Waals surface area contributed by atoms with Gasteiger partial charge in [-0.05, 0) is 54.8 Å². The van der Waals surface area contributed by atoms with Crippen molar-refractivity contribution in [1.29, 1.82) is 0 Å². The molecule has 1 aliphatic heterocycles. The quantitative estimate of drug-likeness (QED) is 0.930. The fourth-order valence-electron chi connectivity index (χ4n) is 3.23. The molecule has 0 aromatic heterocycles. The lowest BCUT2D eigenvalue weighted by molar-refractivity contribution is 0.0628.